The second-order valence-corrected chi connectivity index (χ2v) is 5.29. The summed E-state index contributed by atoms with van der Waals surface area (Å²) in [5, 5.41) is 10.3. The molecular weight excluding hydrogens is 250 g/mol. The Morgan fingerprint density at radius 3 is 2.79 bits per heavy atom. The standard InChI is InChI=1S/C14H20F2N2O/c1-17-6-7-18(2)12(9-17)13(19)8-10-4-3-5-11(15)14(10)16/h3-5,12-13,19H,6-9H2,1-2H3. The molecule has 3 nitrogen and oxygen atoms in total. The zero-order chi connectivity index (χ0) is 14.0. The molecular formula is C14H20F2N2O. The SMILES string of the molecule is CN1CCN(C)C(C(O)Cc2cccc(F)c2F)C1. The van der Waals surface area contributed by atoms with Crippen molar-refractivity contribution < 1.29 is 13.9 Å². The first-order valence-electron chi connectivity index (χ1n) is 6.48. The van der Waals surface area contributed by atoms with Gasteiger partial charge in [0.25, 0.3) is 0 Å². The van der Waals surface area contributed by atoms with Crippen LogP contribution in [0.2, 0.25) is 0 Å². The molecule has 2 atom stereocenters. The van der Waals surface area contributed by atoms with Gasteiger partial charge in [-0.15, -0.1) is 0 Å². The van der Waals surface area contributed by atoms with Crippen molar-refractivity contribution >= 4 is 0 Å². The fourth-order valence-electron chi connectivity index (χ4n) is 2.53. The Bertz CT molecular complexity index is 441. The van der Waals surface area contributed by atoms with Gasteiger partial charge in [-0.05, 0) is 25.7 Å². The first kappa shape index (κ1) is 14.4. The maximum Gasteiger partial charge on any atom is 0.162 e. The van der Waals surface area contributed by atoms with Crippen LogP contribution in [0.1, 0.15) is 5.56 Å². The monoisotopic (exact) mass is 270 g/mol. The second kappa shape index (κ2) is 5.94. The molecule has 0 aliphatic carbocycles. The van der Waals surface area contributed by atoms with E-state index in [4.69, 9.17) is 0 Å². The molecule has 0 saturated carbocycles. The zero-order valence-corrected chi connectivity index (χ0v) is 11.3. The van der Waals surface area contributed by atoms with Crippen LogP contribution in [0.25, 0.3) is 0 Å². The molecule has 0 bridgehead atoms. The summed E-state index contributed by atoms with van der Waals surface area (Å²) in [5.41, 5.74) is 0.231. The highest BCUT2D eigenvalue weighted by Crippen LogP contribution is 2.17. The van der Waals surface area contributed by atoms with Crippen LogP contribution >= 0.6 is 0 Å². The van der Waals surface area contributed by atoms with Gasteiger partial charge in [0.2, 0.25) is 0 Å². The van der Waals surface area contributed by atoms with Crippen molar-refractivity contribution in [3.8, 4) is 0 Å². The number of aliphatic hydroxyl groups excluding tert-OH is 1. The minimum atomic E-state index is -0.862. The van der Waals surface area contributed by atoms with Crippen LogP contribution in [0.3, 0.4) is 0 Å². The molecule has 106 valence electrons. The summed E-state index contributed by atoms with van der Waals surface area (Å²) in [7, 11) is 3.94. The molecule has 1 heterocycles. The quantitative estimate of drug-likeness (QED) is 0.891. The van der Waals surface area contributed by atoms with E-state index < -0.39 is 17.7 Å². The molecule has 0 spiro atoms. The Hall–Kier alpha value is -1.04. The predicted molar refractivity (Wildman–Crippen MR) is 70.0 cm³/mol. The molecule has 19 heavy (non-hydrogen) atoms. The average molecular weight is 270 g/mol. The maximum absolute atomic E-state index is 13.6. The van der Waals surface area contributed by atoms with Crippen LogP contribution in [-0.4, -0.2) is 60.8 Å². The molecule has 0 radical (unpaired) electrons. The Morgan fingerprint density at radius 1 is 1.32 bits per heavy atom. The number of benzene rings is 1. The van der Waals surface area contributed by atoms with Gasteiger partial charge in [0.15, 0.2) is 11.6 Å². The third-order valence-electron chi connectivity index (χ3n) is 3.80. The van der Waals surface area contributed by atoms with Gasteiger partial charge < -0.3 is 10.0 Å². The van der Waals surface area contributed by atoms with Crippen molar-refractivity contribution in [3.63, 3.8) is 0 Å². The van der Waals surface area contributed by atoms with Crippen LogP contribution in [0.5, 0.6) is 0 Å². The van der Waals surface area contributed by atoms with Gasteiger partial charge >= 0.3 is 0 Å². The van der Waals surface area contributed by atoms with Gasteiger partial charge in [0.05, 0.1) is 6.10 Å². The third kappa shape index (κ3) is 3.29. The molecule has 0 amide bonds. The minimum absolute atomic E-state index is 0.0542. The number of likely N-dealkylation sites (N-methyl/N-ethyl adjacent to an activating group) is 2. The highest BCUT2D eigenvalue weighted by atomic mass is 19.2. The van der Waals surface area contributed by atoms with Gasteiger partial charge in [-0.25, -0.2) is 8.78 Å². The first-order chi connectivity index (χ1) is 8.99. The van der Waals surface area contributed by atoms with Crippen LogP contribution in [0.15, 0.2) is 18.2 Å². The van der Waals surface area contributed by atoms with Crippen molar-refractivity contribution in [1.29, 1.82) is 0 Å². The lowest BCUT2D eigenvalue weighted by molar-refractivity contribution is 0.0149. The van der Waals surface area contributed by atoms with Crippen molar-refractivity contribution in [2.45, 2.75) is 18.6 Å². The van der Waals surface area contributed by atoms with Crippen LogP contribution in [0.4, 0.5) is 8.78 Å². The number of piperazine rings is 1. The zero-order valence-electron chi connectivity index (χ0n) is 11.3. The van der Waals surface area contributed by atoms with E-state index in [-0.39, 0.29) is 18.0 Å². The van der Waals surface area contributed by atoms with Crippen LogP contribution in [0, 0.1) is 11.6 Å². The Morgan fingerprint density at radius 2 is 2.05 bits per heavy atom. The highest BCUT2D eigenvalue weighted by molar-refractivity contribution is 5.20. The summed E-state index contributed by atoms with van der Waals surface area (Å²) in [6.45, 7) is 2.55. The average Bonchev–Trinajstić information content (AvgIpc) is 2.38. The van der Waals surface area contributed by atoms with E-state index in [1.807, 2.05) is 14.1 Å². The Balaban J connectivity index is 2.07. The van der Waals surface area contributed by atoms with Gasteiger partial charge in [0, 0.05) is 32.1 Å². The van der Waals surface area contributed by atoms with Gasteiger partial charge in [-0.1, -0.05) is 12.1 Å². The van der Waals surface area contributed by atoms with E-state index in [1.54, 1.807) is 0 Å². The molecule has 1 fully saturated rings. The molecule has 2 unspecified atom stereocenters. The molecule has 1 N–H and O–H groups in total. The number of hydrogen-bond acceptors (Lipinski definition) is 3. The first-order valence-corrected chi connectivity index (χ1v) is 6.48. The Labute approximate surface area is 112 Å². The van der Waals surface area contributed by atoms with Gasteiger partial charge in [0.1, 0.15) is 0 Å². The van der Waals surface area contributed by atoms with E-state index in [1.165, 1.54) is 12.1 Å². The fourth-order valence-corrected chi connectivity index (χ4v) is 2.53. The number of hydrogen-bond donors (Lipinski definition) is 1. The van der Waals surface area contributed by atoms with Crippen molar-refractivity contribution in [2.24, 2.45) is 0 Å². The van der Waals surface area contributed by atoms with E-state index in [0.29, 0.717) is 0 Å². The topological polar surface area (TPSA) is 26.7 Å². The lowest BCUT2D eigenvalue weighted by Gasteiger charge is -2.40. The van der Waals surface area contributed by atoms with E-state index in [0.717, 1.165) is 25.7 Å². The Kier molecular flexibility index (Phi) is 4.50. The lowest BCUT2D eigenvalue weighted by Crippen LogP contribution is -2.55. The summed E-state index contributed by atoms with van der Waals surface area (Å²) in [4.78, 5) is 4.21. The van der Waals surface area contributed by atoms with E-state index in [2.05, 4.69) is 9.80 Å². The number of rotatable bonds is 3. The number of nitrogens with zero attached hydrogens (tertiary/aromatic N) is 2. The summed E-state index contributed by atoms with van der Waals surface area (Å²) >= 11 is 0. The molecule has 5 heteroatoms. The highest BCUT2D eigenvalue weighted by Gasteiger charge is 2.29. The molecule has 1 aliphatic heterocycles. The van der Waals surface area contributed by atoms with Gasteiger partial charge in [-0.3, -0.25) is 4.90 Å². The number of halogens is 2. The molecule has 1 aromatic carbocycles. The van der Waals surface area contributed by atoms with Crippen LogP contribution < -0.4 is 0 Å². The number of aliphatic hydroxyl groups is 1. The second-order valence-electron chi connectivity index (χ2n) is 5.29. The van der Waals surface area contributed by atoms with Gasteiger partial charge in [-0.2, -0.15) is 0 Å². The van der Waals surface area contributed by atoms with Crippen molar-refractivity contribution in [1.82, 2.24) is 9.80 Å². The van der Waals surface area contributed by atoms with E-state index in [9.17, 15) is 13.9 Å². The predicted octanol–water partition coefficient (Wildman–Crippen LogP) is 1.11. The lowest BCUT2D eigenvalue weighted by atomic mass is 9.99. The minimum Gasteiger partial charge on any atom is -0.391 e. The fraction of sp³-hybridized carbons (Fsp3) is 0.571. The molecule has 0 aromatic heterocycles. The van der Waals surface area contributed by atoms with Crippen molar-refractivity contribution in [3.05, 3.63) is 35.4 Å². The normalized spacial score (nSPS) is 23.5. The molecule has 1 aliphatic rings. The summed E-state index contributed by atoms with van der Waals surface area (Å²) in [6.07, 6.45) is -0.573. The largest absolute Gasteiger partial charge is 0.391 e. The van der Waals surface area contributed by atoms with Crippen LogP contribution in [-0.2, 0) is 6.42 Å². The third-order valence-corrected chi connectivity index (χ3v) is 3.80. The maximum atomic E-state index is 13.6. The van der Waals surface area contributed by atoms with Crippen molar-refractivity contribution in [2.75, 3.05) is 33.7 Å². The summed E-state index contributed by atoms with van der Waals surface area (Å²) in [6, 6.07) is 4.03. The van der Waals surface area contributed by atoms with E-state index >= 15 is 0 Å². The summed E-state index contributed by atoms with van der Waals surface area (Å²) < 4.78 is 26.7. The molecule has 1 aromatic rings. The molecule has 2 rings (SSSR count). The summed E-state index contributed by atoms with van der Waals surface area (Å²) in [5.74, 6) is -1.72. The smallest absolute Gasteiger partial charge is 0.162 e. The molecule has 1 saturated heterocycles.